The van der Waals surface area contributed by atoms with E-state index in [2.05, 4.69) is 15.3 Å². The van der Waals surface area contributed by atoms with Gasteiger partial charge in [0.2, 0.25) is 4.96 Å². The van der Waals surface area contributed by atoms with E-state index in [9.17, 15) is 4.39 Å². The van der Waals surface area contributed by atoms with Gasteiger partial charge in [-0.3, -0.25) is 0 Å². The summed E-state index contributed by atoms with van der Waals surface area (Å²) in [7, 11) is 0. The van der Waals surface area contributed by atoms with E-state index in [4.69, 9.17) is 4.42 Å². The van der Waals surface area contributed by atoms with E-state index < -0.39 is 0 Å². The summed E-state index contributed by atoms with van der Waals surface area (Å²) >= 11 is 1.42. The lowest BCUT2D eigenvalue weighted by molar-refractivity contribution is 0.568. The zero-order chi connectivity index (χ0) is 14.2. The van der Waals surface area contributed by atoms with Gasteiger partial charge in [-0.2, -0.15) is 9.61 Å². The second-order valence-electron chi connectivity index (χ2n) is 4.50. The minimum Gasteiger partial charge on any atom is -0.472 e. The van der Waals surface area contributed by atoms with Crippen molar-refractivity contribution in [3.63, 3.8) is 0 Å². The molecular weight excluding hydrogens is 291 g/mol. The normalized spacial score (nSPS) is 11.3. The molecule has 5 nitrogen and oxygen atoms in total. The van der Waals surface area contributed by atoms with Crippen molar-refractivity contribution in [2.75, 3.05) is 0 Å². The lowest BCUT2D eigenvalue weighted by Gasteiger charge is -1.99. The van der Waals surface area contributed by atoms with Gasteiger partial charge in [0.25, 0.3) is 0 Å². The molecule has 0 spiro atoms. The lowest BCUT2D eigenvalue weighted by Crippen LogP contribution is -1.99. The first-order valence-corrected chi connectivity index (χ1v) is 7.10. The molecule has 0 aliphatic heterocycles. The summed E-state index contributed by atoms with van der Waals surface area (Å²) in [5, 5.41) is 13.4. The summed E-state index contributed by atoms with van der Waals surface area (Å²) in [4.78, 5) is 0.678. The standard InChI is InChI=1S/C14H9FN4OS/c15-11-4-2-1-3-9(11)7-12-16-17-14-19(12)18-13(21-14)10-5-6-20-8-10/h1-6,8H,7H2. The number of aromatic nitrogens is 4. The molecule has 104 valence electrons. The van der Waals surface area contributed by atoms with E-state index in [1.165, 1.54) is 17.4 Å². The average molecular weight is 300 g/mol. The Morgan fingerprint density at radius 2 is 2.10 bits per heavy atom. The molecule has 3 heterocycles. The Morgan fingerprint density at radius 3 is 2.90 bits per heavy atom. The summed E-state index contributed by atoms with van der Waals surface area (Å²) in [5.41, 5.74) is 1.46. The van der Waals surface area contributed by atoms with Crippen molar-refractivity contribution in [3.8, 4) is 10.6 Å². The molecular formula is C14H9FN4OS. The largest absolute Gasteiger partial charge is 0.472 e. The highest BCUT2D eigenvalue weighted by molar-refractivity contribution is 7.19. The van der Waals surface area contributed by atoms with E-state index in [0.717, 1.165) is 10.6 Å². The van der Waals surface area contributed by atoms with Crippen molar-refractivity contribution in [1.29, 1.82) is 0 Å². The monoisotopic (exact) mass is 300 g/mol. The van der Waals surface area contributed by atoms with E-state index in [0.29, 0.717) is 22.8 Å². The highest BCUT2D eigenvalue weighted by Gasteiger charge is 2.15. The predicted octanol–water partition coefficient (Wildman–Crippen LogP) is 3.18. The Balaban J connectivity index is 1.75. The van der Waals surface area contributed by atoms with Gasteiger partial charge in [-0.15, -0.1) is 10.2 Å². The van der Waals surface area contributed by atoms with Crippen molar-refractivity contribution in [3.05, 3.63) is 60.1 Å². The number of hydrogen-bond acceptors (Lipinski definition) is 5. The molecule has 1 aromatic carbocycles. The van der Waals surface area contributed by atoms with Gasteiger partial charge in [0.15, 0.2) is 10.8 Å². The lowest BCUT2D eigenvalue weighted by atomic mass is 10.1. The Morgan fingerprint density at radius 1 is 1.19 bits per heavy atom. The first-order valence-electron chi connectivity index (χ1n) is 6.28. The van der Waals surface area contributed by atoms with E-state index in [1.54, 1.807) is 35.2 Å². The van der Waals surface area contributed by atoms with Crippen LogP contribution >= 0.6 is 11.3 Å². The SMILES string of the molecule is Fc1ccccc1Cc1nnc2sc(-c3ccoc3)nn12. The molecule has 0 saturated heterocycles. The van der Waals surface area contributed by atoms with Crippen LogP contribution in [0.25, 0.3) is 15.5 Å². The third-order valence-corrected chi connectivity index (χ3v) is 4.08. The molecule has 0 saturated carbocycles. The Bertz CT molecular complexity index is 897. The van der Waals surface area contributed by atoms with Crippen LogP contribution in [0, 0.1) is 5.82 Å². The van der Waals surface area contributed by atoms with Crippen LogP contribution in [0.1, 0.15) is 11.4 Å². The zero-order valence-corrected chi connectivity index (χ0v) is 11.5. The van der Waals surface area contributed by atoms with Crippen LogP contribution in [0.2, 0.25) is 0 Å². The van der Waals surface area contributed by atoms with E-state index in [-0.39, 0.29) is 5.82 Å². The number of fused-ring (bicyclic) bond motifs is 1. The number of furan rings is 1. The molecule has 0 fully saturated rings. The molecule has 0 N–H and O–H groups in total. The van der Waals surface area contributed by atoms with Crippen LogP contribution in [0.3, 0.4) is 0 Å². The van der Waals surface area contributed by atoms with Gasteiger partial charge in [0.05, 0.1) is 11.8 Å². The van der Waals surface area contributed by atoms with Crippen LogP contribution in [-0.2, 0) is 6.42 Å². The molecule has 0 unspecified atom stereocenters. The Labute approximate surface area is 122 Å². The number of halogens is 1. The maximum atomic E-state index is 13.7. The minimum atomic E-state index is -0.250. The fourth-order valence-corrected chi connectivity index (χ4v) is 2.93. The molecule has 3 aromatic heterocycles. The first-order chi connectivity index (χ1) is 10.3. The van der Waals surface area contributed by atoms with Crippen molar-refractivity contribution in [2.45, 2.75) is 6.42 Å². The molecule has 0 amide bonds. The average Bonchev–Trinajstić information content (AvgIpc) is 3.18. The molecule has 4 rings (SSSR count). The van der Waals surface area contributed by atoms with E-state index >= 15 is 0 Å². The summed E-state index contributed by atoms with van der Waals surface area (Å²) in [5.74, 6) is 0.362. The predicted molar refractivity (Wildman–Crippen MR) is 75.6 cm³/mol. The fourth-order valence-electron chi connectivity index (χ4n) is 2.08. The Hall–Kier alpha value is -2.54. The molecule has 0 radical (unpaired) electrons. The van der Waals surface area contributed by atoms with Crippen LogP contribution in [-0.4, -0.2) is 19.8 Å². The number of nitrogens with zero attached hydrogens (tertiary/aromatic N) is 4. The van der Waals surface area contributed by atoms with Crippen LogP contribution in [0.4, 0.5) is 4.39 Å². The van der Waals surface area contributed by atoms with Crippen LogP contribution in [0.15, 0.2) is 47.3 Å². The first kappa shape index (κ1) is 12.2. The number of rotatable bonds is 3. The van der Waals surface area contributed by atoms with Gasteiger partial charge in [-0.25, -0.2) is 4.39 Å². The second-order valence-corrected chi connectivity index (χ2v) is 5.45. The van der Waals surface area contributed by atoms with Gasteiger partial charge >= 0.3 is 0 Å². The quantitative estimate of drug-likeness (QED) is 0.583. The smallest absolute Gasteiger partial charge is 0.234 e. The molecule has 0 aliphatic carbocycles. The highest BCUT2D eigenvalue weighted by Crippen LogP contribution is 2.26. The molecule has 0 atom stereocenters. The van der Waals surface area contributed by atoms with Crippen molar-refractivity contribution in [1.82, 2.24) is 19.8 Å². The zero-order valence-electron chi connectivity index (χ0n) is 10.7. The summed E-state index contributed by atoms with van der Waals surface area (Å²) in [6.45, 7) is 0. The van der Waals surface area contributed by atoms with Crippen LogP contribution < -0.4 is 0 Å². The van der Waals surface area contributed by atoms with Crippen molar-refractivity contribution < 1.29 is 8.81 Å². The maximum absolute atomic E-state index is 13.7. The summed E-state index contributed by atoms with van der Waals surface area (Å²) < 4.78 is 20.4. The number of benzene rings is 1. The summed E-state index contributed by atoms with van der Waals surface area (Å²) in [6, 6.07) is 8.47. The number of hydrogen-bond donors (Lipinski definition) is 0. The fraction of sp³-hybridized carbons (Fsp3) is 0.0714. The van der Waals surface area contributed by atoms with Gasteiger partial charge in [0, 0.05) is 6.42 Å². The van der Waals surface area contributed by atoms with Crippen molar-refractivity contribution in [2.24, 2.45) is 0 Å². The van der Waals surface area contributed by atoms with Crippen molar-refractivity contribution >= 4 is 16.3 Å². The third kappa shape index (κ3) is 2.11. The molecule has 0 bridgehead atoms. The topological polar surface area (TPSA) is 56.2 Å². The van der Waals surface area contributed by atoms with E-state index in [1.807, 2.05) is 6.07 Å². The molecule has 0 aliphatic rings. The van der Waals surface area contributed by atoms with Gasteiger partial charge in [0.1, 0.15) is 12.1 Å². The molecule has 4 aromatic rings. The van der Waals surface area contributed by atoms with Gasteiger partial charge in [-0.1, -0.05) is 29.5 Å². The van der Waals surface area contributed by atoms with Gasteiger partial charge in [-0.05, 0) is 17.7 Å². The molecule has 21 heavy (non-hydrogen) atoms. The maximum Gasteiger partial charge on any atom is 0.234 e. The highest BCUT2D eigenvalue weighted by atomic mass is 32.1. The summed E-state index contributed by atoms with van der Waals surface area (Å²) in [6.07, 6.45) is 3.57. The third-order valence-electron chi connectivity index (χ3n) is 3.13. The molecule has 7 heteroatoms. The van der Waals surface area contributed by atoms with Gasteiger partial charge < -0.3 is 4.42 Å². The second kappa shape index (κ2) is 4.78. The van der Waals surface area contributed by atoms with Crippen LogP contribution in [0.5, 0.6) is 0 Å². The minimum absolute atomic E-state index is 0.250. The Kier molecular flexibility index (Phi) is 2.78.